The monoisotopic (exact) mass is 297 g/mol. The minimum Gasteiger partial charge on any atom is -0.409 e. The molecule has 0 bridgehead atoms. The van der Waals surface area contributed by atoms with Crippen LogP contribution < -0.4 is 5.73 Å². The molecule has 6 heteroatoms. The van der Waals surface area contributed by atoms with Gasteiger partial charge in [0.15, 0.2) is 5.84 Å². The van der Waals surface area contributed by atoms with Crippen LogP contribution in [0.5, 0.6) is 0 Å². The second-order valence-corrected chi connectivity index (χ2v) is 5.98. The van der Waals surface area contributed by atoms with Gasteiger partial charge in [-0.05, 0) is 24.8 Å². The number of nitrogens with zero attached hydrogens (tertiary/aromatic N) is 2. The minimum atomic E-state index is -0.541. The lowest BCUT2D eigenvalue weighted by Crippen LogP contribution is -2.44. The summed E-state index contributed by atoms with van der Waals surface area (Å²) in [4.78, 5) is 15.4. The van der Waals surface area contributed by atoms with Crippen LogP contribution in [0.3, 0.4) is 0 Å². The molecule has 1 amide bonds. The Balaban J connectivity index is 2.72. The third kappa shape index (κ3) is 4.23. The van der Waals surface area contributed by atoms with E-state index in [-0.39, 0.29) is 17.8 Å². The smallest absolute Gasteiger partial charge is 0.233 e. The highest BCUT2D eigenvalue weighted by atomic mass is 32.1. The molecule has 1 rings (SSSR count). The van der Waals surface area contributed by atoms with E-state index in [9.17, 15) is 4.79 Å². The molecule has 1 heterocycles. The molecule has 0 aliphatic rings. The van der Waals surface area contributed by atoms with Crippen LogP contribution in [0.15, 0.2) is 22.7 Å². The highest BCUT2D eigenvalue weighted by molar-refractivity contribution is 7.09. The van der Waals surface area contributed by atoms with E-state index in [0.29, 0.717) is 6.42 Å². The van der Waals surface area contributed by atoms with Gasteiger partial charge in [-0.3, -0.25) is 4.79 Å². The number of hydrogen-bond donors (Lipinski definition) is 2. The number of likely N-dealkylation sites (N-methyl/N-ethyl adjacent to an activating group) is 1. The Kier molecular flexibility index (Phi) is 6.51. The Morgan fingerprint density at radius 2 is 2.30 bits per heavy atom. The SMILES string of the molecule is CCCC(C(=O)N(C)C(C)Cc1cccs1)C(N)=NO. The summed E-state index contributed by atoms with van der Waals surface area (Å²) in [6.07, 6.45) is 2.21. The number of amides is 1. The maximum atomic E-state index is 12.5. The molecule has 0 fully saturated rings. The Labute approximate surface area is 124 Å². The van der Waals surface area contributed by atoms with Gasteiger partial charge < -0.3 is 15.8 Å². The zero-order chi connectivity index (χ0) is 15.1. The van der Waals surface area contributed by atoms with E-state index in [0.717, 1.165) is 12.8 Å². The summed E-state index contributed by atoms with van der Waals surface area (Å²) in [5.41, 5.74) is 5.63. The van der Waals surface area contributed by atoms with Crippen LogP contribution in [-0.4, -0.2) is 34.9 Å². The first-order valence-electron chi connectivity index (χ1n) is 6.77. The second-order valence-electron chi connectivity index (χ2n) is 4.95. The van der Waals surface area contributed by atoms with Crippen molar-refractivity contribution in [1.82, 2.24) is 4.90 Å². The summed E-state index contributed by atoms with van der Waals surface area (Å²) in [6, 6.07) is 4.14. The zero-order valence-corrected chi connectivity index (χ0v) is 13.1. The Morgan fingerprint density at radius 1 is 1.60 bits per heavy atom. The summed E-state index contributed by atoms with van der Waals surface area (Å²) < 4.78 is 0. The van der Waals surface area contributed by atoms with E-state index >= 15 is 0 Å². The average molecular weight is 297 g/mol. The van der Waals surface area contributed by atoms with E-state index < -0.39 is 5.92 Å². The van der Waals surface area contributed by atoms with E-state index in [1.165, 1.54) is 4.88 Å². The standard InChI is InChI=1S/C14H23N3O2S/c1-4-6-12(13(15)16-19)14(18)17(3)10(2)9-11-7-5-8-20-11/h5,7-8,10,12,19H,4,6,9H2,1-3H3,(H2,15,16). The molecule has 5 nitrogen and oxygen atoms in total. The first-order chi connectivity index (χ1) is 9.51. The van der Waals surface area contributed by atoms with Crippen molar-refractivity contribution in [2.45, 2.75) is 39.2 Å². The number of rotatable bonds is 7. The molecule has 0 radical (unpaired) electrons. The van der Waals surface area contributed by atoms with Gasteiger partial charge in [0.05, 0.1) is 5.92 Å². The van der Waals surface area contributed by atoms with E-state index in [1.807, 2.05) is 25.3 Å². The van der Waals surface area contributed by atoms with Crippen LogP contribution in [0.25, 0.3) is 0 Å². The van der Waals surface area contributed by atoms with Gasteiger partial charge in [0.2, 0.25) is 5.91 Å². The Hall–Kier alpha value is -1.56. The molecule has 0 spiro atoms. The van der Waals surface area contributed by atoms with Crippen LogP contribution in [0, 0.1) is 5.92 Å². The minimum absolute atomic E-state index is 0.00739. The van der Waals surface area contributed by atoms with Crippen LogP contribution in [0.4, 0.5) is 0 Å². The number of carbonyl (C=O) groups is 1. The number of thiophene rings is 1. The van der Waals surface area contributed by atoms with Gasteiger partial charge in [0, 0.05) is 24.4 Å². The normalized spacial score (nSPS) is 14.8. The molecular weight excluding hydrogens is 274 g/mol. The number of carbonyl (C=O) groups excluding carboxylic acids is 1. The lowest BCUT2D eigenvalue weighted by Gasteiger charge is -2.28. The maximum Gasteiger partial charge on any atom is 0.233 e. The fourth-order valence-corrected chi connectivity index (χ4v) is 2.90. The number of nitrogens with two attached hydrogens (primary N) is 1. The van der Waals surface area contributed by atoms with E-state index in [1.54, 1.807) is 23.3 Å². The fourth-order valence-electron chi connectivity index (χ4n) is 2.08. The third-order valence-corrected chi connectivity index (χ3v) is 4.33. The van der Waals surface area contributed by atoms with Crippen molar-refractivity contribution in [3.8, 4) is 0 Å². The fraction of sp³-hybridized carbons (Fsp3) is 0.571. The van der Waals surface area contributed by atoms with Crippen molar-refractivity contribution in [3.63, 3.8) is 0 Å². The predicted molar refractivity (Wildman–Crippen MR) is 82.1 cm³/mol. The van der Waals surface area contributed by atoms with Crippen molar-refractivity contribution >= 4 is 23.1 Å². The van der Waals surface area contributed by atoms with Crippen LogP contribution in [0.1, 0.15) is 31.6 Å². The summed E-state index contributed by atoms with van der Waals surface area (Å²) in [7, 11) is 1.77. The highest BCUT2D eigenvalue weighted by Gasteiger charge is 2.27. The quantitative estimate of drug-likeness (QED) is 0.351. The summed E-state index contributed by atoms with van der Waals surface area (Å²) in [6.45, 7) is 3.98. The van der Waals surface area contributed by atoms with Crippen molar-refractivity contribution in [3.05, 3.63) is 22.4 Å². The van der Waals surface area contributed by atoms with Gasteiger partial charge in [0.1, 0.15) is 0 Å². The predicted octanol–water partition coefficient (Wildman–Crippen LogP) is 2.30. The van der Waals surface area contributed by atoms with E-state index in [2.05, 4.69) is 11.2 Å². The summed E-state index contributed by atoms with van der Waals surface area (Å²) in [5.74, 6) is -0.640. The largest absolute Gasteiger partial charge is 0.409 e. The topological polar surface area (TPSA) is 78.9 Å². The van der Waals surface area contributed by atoms with Crippen LogP contribution in [-0.2, 0) is 11.2 Å². The van der Waals surface area contributed by atoms with Gasteiger partial charge in [-0.25, -0.2) is 0 Å². The number of hydrogen-bond acceptors (Lipinski definition) is 4. The molecule has 1 aromatic rings. The van der Waals surface area contributed by atoms with Crippen molar-refractivity contribution in [2.75, 3.05) is 7.05 Å². The first kappa shape index (κ1) is 16.5. The van der Waals surface area contributed by atoms with Crippen molar-refractivity contribution < 1.29 is 10.0 Å². The first-order valence-corrected chi connectivity index (χ1v) is 7.65. The lowest BCUT2D eigenvalue weighted by atomic mass is 10.00. The van der Waals surface area contributed by atoms with Gasteiger partial charge in [-0.2, -0.15) is 0 Å². The summed E-state index contributed by atoms with van der Waals surface area (Å²) in [5, 5.41) is 13.8. The maximum absolute atomic E-state index is 12.5. The molecule has 0 saturated carbocycles. The number of amidine groups is 1. The van der Waals surface area contributed by atoms with E-state index in [4.69, 9.17) is 10.9 Å². The van der Waals surface area contributed by atoms with Crippen LogP contribution in [0.2, 0.25) is 0 Å². The van der Waals surface area contributed by atoms with Crippen LogP contribution >= 0.6 is 11.3 Å². The molecular formula is C14H23N3O2S. The number of oxime groups is 1. The van der Waals surface area contributed by atoms with Crippen molar-refractivity contribution in [2.24, 2.45) is 16.8 Å². The molecule has 0 aromatic carbocycles. The molecule has 112 valence electrons. The Bertz CT molecular complexity index is 445. The van der Waals surface area contributed by atoms with Gasteiger partial charge in [0.25, 0.3) is 0 Å². The molecule has 0 saturated heterocycles. The molecule has 0 aliphatic heterocycles. The van der Waals surface area contributed by atoms with Gasteiger partial charge in [-0.15, -0.1) is 11.3 Å². The third-order valence-electron chi connectivity index (χ3n) is 3.43. The lowest BCUT2D eigenvalue weighted by molar-refractivity contribution is -0.134. The second kappa shape index (κ2) is 7.89. The summed E-state index contributed by atoms with van der Waals surface area (Å²) >= 11 is 1.68. The van der Waals surface area contributed by atoms with Gasteiger partial charge in [-0.1, -0.05) is 24.6 Å². The zero-order valence-electron chi connectivity index (χ0n) is 12.2. The van der Waals surface area contributed by atoms with Crippen molar-refractivity contribution in [1.29, 1.82) is 0 Å². The molecule has 2 unspecified atom stereocenters. The molecule has 1 aromatic heterocycles. The molecule has 0 aliphatic carbocycles. The van der Waals surface area contributed by atoms with Gasteiger partial charge >= 0.3 is 0 Å². The Morgan fingerprint density at radius 3 is 2.80 bits per heavy atom. The highest BCUT2D eigenvalue weighted by Crippen LogP contribution is 2.17. The average Bonchev–Trinajstić information content (AvgIpc) is 2.95. The molecule has 20 heavy (non-hydrogen) atoms. The molecule has 3 N–H and O–H groups in total. The molecule has 2 atom stereocenters.